The molecule has 0 bridgehead atoms. The Hall–Kier alpha value is -0.160. The number of piperazine rings is 1. The van der Waals surface area contributed by atoms with E-state index in [9.17, 15) is 0 Å². The van der Waals surface area contributed by atoms with Crippen molar-refractivity contribution in [3.05, 3.63) is 0 Å². The van der Waals surface area contributed by atoms with Gasteiger partial charge in [0.15, 0.2) is 0 Å². The van der Waals surface area contributed by atoms with Gasteiger partial charge in [0, 0.05) is 44.3 Å². The van der Waals surface area contributed by atoms with Crippen LogP contribution >= 0.6 is 0 Å². The van der Waals surface area contributed by atoms with Crippen LogP contribution in [0.25, 0.3) is 0 Å². The third-order valence-electron chi connectivity index (χ3n) is 4.85. The molecule has 0 aromatic carbocycles. The molecule has 2 rings (SSSR count). The van der Waals surface area contributed by atoms with Crippen LogP contribution in [0.2, 0.25) is 0 Å². The Morgan fingerprint density at radius 3 is 2.61 bits per heavy atom. The van der Waals surface area contributed by atoms with Gasteiger partial charge < -0.3 is 10.2 Å². The van der Waals surface area contributed by atoms with Crippen molar-refractivity contribution in [1.82, 2.24) is 20.0 Å². The summed E-state index contributed by atoms with van der Waals surface area (Å²) in [5.41, 5.74) is 0. The van der Waals surface area contributed by atoms with Crippen molar-refractivity contribution in [2.24, 2.45) is 0 Å². The summed E-state index contributed by atoms with van der Waals surface area (Å²) >= 11 is 0. The van der Waals surface area contributed by atoms with Crippen molar-refractivity contribution < 1.29 is 0 Å². The number of hydrogen-bond acceptors (Lipinski definition) is 4. The van der Waals surface area contributed by atoms with E-state index < -0.39 is 0 Å². The first-order valence-corrected chi connectivity index (χ1v) is 7.40. The summed E-state index contributed by atoms with van der Waals surface area (Å²) in [5, 5.41) is 3.43. The first-order valence-electron chi connectivity index (χ1n) is 7.40. The summed E-state index contributed by atoms with van der Waals surface area (Å²) in [6.07, 6.45) is 2.59. The molecule has 2 heterocycles. The second-order valence-corrected chi connectivity index (χ2v) is 6.25. The van der Waals surface area contributed by atoms with Crippen molar-refractivity contribution >= 4 is 0 Å². The van der Waals surface area contributed by atoms with Gasteiger partial charge in [-0.2, -0.15) is 0 Å². The van der Waals surface area contributed by atoms with E-state index in [2.05, 4.69) is 48.1 Å². The molecule has 2 aliphatic heterocycles. The second-order valence-electron chi connectivity index (χ2n) is 6.25. The molecule has 0 saturated carbocycles. The molecule has 3 unspecified atom stereocenters. The molecule has 18 heavy (non-hydrogen) atoms. The summed E-state index contributed by atoms with van der Waals surface area (Å²) < 4.78 is 0. The Kier molecular flexibility index (Phi) is 5.01. The zero-order valence-electron chi connectivity index (χ0n) is 12.5. The number of nitrogens with zero attached hydrogens (tertiary/aromatic N) is 3. The number of hydrogen-bond donors (Lipinski definition) is 1. The highest BCUT2D eigenvalue weighted by Gasteiger charge is 2.29. The third kappa shape index (κ3) is 3.44. The average molecular weight is 254 g/mol. The highest BCUT2D eigenvalue weighted by Crippen LogP contribution is 2.19. The molecular weight excluding hydrogens is 224 g/mol. The number of likely N-dealkylation sites (tertiary alicyclic amines) is 1. The molecule has 0 radical (unpaired) electrons. The predicted octanol–water partition coefficient (Wildman–Crippen LogP) is 0.305. The molecule has 0 spiro atoms. The van der Waals surface area contributed by atoms with E-state index in [1.54, 1.807) is 0 Å². The lowest BCUT2D eigenvalue weighted by atomic mass is 9.97. The fourth-order valence-electron chi connectivity index (χ4n) is 3.32. The fraction of sp³-hybridized carbons (Fsp3) is 1.00. The van der Waals surface area contributed by atoms with E-state index in [4.69, 9.17) is 0 Å². The van der Waals surface area contributed by atoms with E-state index in [0.717, 1.165) is 12.1 Å². The fourth-order valence-corrected chi connectivity index (χ4v) is 3.32. The lowest BCUT2D eigenvalue weighted by molar-refractivity contribution is 0.0532. The molecule has 0 aromatic heterocycles. The van der Waals surface area contributed by atoms with Crippen molar-refractivity contribution in [3.63, 3.8) is 0 Å². The highest BCUT2D eigenvalue weighted by atomic mass is 15.3. The van der Waals surface area contributed by atoms with Gasteiger partial charge >= 0.3 is 0 Å². The number of nitrogens with one attached hydrogen (secondary N) is 1. The zero-order chi connectivity index (χ0) is 13.1. The van der Waals surface area contributed by atoms with Gasteiger partial charge in [-0.05, 0) is 47.5 Å². The van der Waals surface area contributed by atoms with E-state index in [-0.39, 0.29) is 0 Å². The highest BCUT2D eigenvalue weighted by molar-refractivity contribution is 4.87. The second kappa shape index (κ2) is 6.33. The first-order chi connectivity index (χ1) is 8.60. The minimum atomic E-state index is 0.706. The summed E-state index contributed by atoms with van der Waals surface area (Å²) in [6.45, 7) is 8.51. The van der Waals surface area contributed by atoms with Crippen LogP contribution in [0.3, 0.4) is 0 Å². The predicted molar refractivity (Wildman–Crippen MR) is 77.0 cm³/mol. The maximum Gasteiger partial charge on any atom is 0.0347 e. The summed E-state index contributed by atoms with van der Waals surface area (Å²) in [4.78, 5) is 7.70. The monoisotopic (exact) mass is 254 g/mol. The van der Waals surface area contributed by atoms with Crippen molar-refractivity contribution in [3.8, 4) is 0 Å². The van der Waals surface area contributed by atoms with Crippen LogP contribution in [0.1, 0.15) is 19.8 Å². The van der Waals surface area contributed by atoms with Crippen LogP contribution in [0.5, 0.6) is 0 Å². The third-order valence-corrected chi connectivity index (χ3v) is 4.85. The molecule has 2 aliphatic rings. The first kappa shape index (κ1) is 14.3. The van der Waals surface area contributed by atoms with Crippen molar-refractivity contribution in [1.29, 1.82) is 0 Å². The van der Waals surface area contributed by atoms with Gasteiger partial charge in [0.2, 0.25) is 0 Å². The Balaban J connectivity index is 1.85. The molecule has 4 nitrogen and oxygen atoms in total. The lowest BCUT2D eigenvalue weighted by Crippen LogP contribution is -2.57. The van der Waals surface area contributed by atoms with Crippen LogP contribution in [0, 0.1) is 0 Å². The summed E-state index contributed by atoms with van der Waals surface area (Å²) in [7, 11) is 6.62. The van der Waals surface area contributed by atoms with Gasteiger partial charge in [-0.15, -0.1) is 0 Å². The van der Waals surface area contributed by atoms with Gasteiger partial charge in [0.05, 0.1) is 0 Å². The summed E-state index contributed by atoms with van der Waals surface area (Å²) in [6, 6.07) is 2.15. The van der Waals surface area contributed by atoms with Crippen molar-refractivity contribution in [2.75, 3.05) is 53.9 Å². The molecule has 0 aliphatic carbocycles. The topological polar surface area (TPSA) is 21.8 Å². The standard InChI is InChI=1S/C14H30N4/c1-12-9-13(15-2)5-6-18(12)11-14-10-16(3)7-8-17(14)4/h12-15H,5-11H2,1-4H3. The van der Waals surface area contributed by atoms with Gasteiger partial charge in [0.1, 0.15) is 0 Å². The van der Waals surface area contributed by atoms with Gasteiger partial charge in [0.25, 0.3) is 0 Å². The van der Waals surface area contributed by atoms with E-state index in [1.807, 2.05) is 0 Å². The maximum atomic E-state index is 3.43. The molecule has 0 aromatic rings. The van der Waals surface area contributed by atoms with Crippen molar-refractivity contribution in [2.45, 2.75) is 37.9 Å². The van der Waals surface area contributed by atoms with Crippen LogP contribution in [-0.2, 0) is 0 Å². The Morgan fingerprint density at radius 2 is 1.94 bits per heavy atom. The number of rotatable bonds is 3. The zero-order valence-corrected chi connectivity index (χ0v) is 12.5. The van der Waals surface area contributed by atoms with E-state index in [1.165, 1.54) is 45.6 Å². The molecule has 4 heteroatoms. The maximum absolute atomic E-state index is 3.43. The number of likely N-dealkylation sites (N-methyl/N-ethyl adjacent to an activating group) is 2. The van der Waals surface area contributed by atoms with Gasteiger partial charge in [-0.3, -0.25) is 9.80 Å². The largest absolute Gasteiger partial charge is 0.317 e. The minimum absolute atomic E-state index is 0.706. The smallest absolute Gasteiger partial charge is 0.0347 e. The SMILES string of the molecule is CNC1CCN(CC2CN(C)CCN2C)C(C)C1. The quantitative estimate of drug-likeness (QED) is 0.782. The van der Waals surface area contributed by atoms with Gasteiger partial charge in [-0.1, -0.05) is 0 Å². The molecule has 2 fully saturated rings. The van der Waals surface area contributed by atoms with Gasteiger partial charge in [-0.25, -0.2) is 0 Å². The molecule has 0 amide bonds. The molecule has 3 atom stereocenters. The Labute approximate surface area is 112 Å². The lowest BCUT2D eigenvalue weighted by Gasteiger charge is -2.44. The molecule has 1 N–H and O–H groups in total. The molecule has 106 valence electrons. The minimum Gasteiger partial charge on any atom is -0.317 e. The number of piperidine rings is 1. The Bertz CT molecular complexity index is 258. The Morgan fingerprint density at radius 1 is 1.17 bits per heavy atom. The van der Waals surface area contributed by atoms with Crippen LogP contribution in [0.4, 0.5) is 0 Å². The van der Waals surface area contributed by atoms with E-state index in [0.29, 0.717) is 6.04 Å². The normalized spacial score (nSPS) is 37.0. The summed E-state index contributed by atoms with van der Waals surface area (Å²) in [5.74, 6) is 0. The van der Waals surface area contributed by atoms with Crippen LogP contribution < -0.4 is 5.32 Å². The molecule has 2 saturated heterocycles. The van der Waals surface area contributed by atoms with Crippen LogP contribution in [0.15, 0.2) is 0 Å². The van der Waals surface area contributed by atoms with E-state index >= 15 is 0 Å². The van der Waals surface area contributed by atoms with Crippen LogP contribution in [-0.4, -0.2) is 86.7 Å². The molecular formula is C14H30N4. The average Bonchev–Trinajstić information content (AvgIpc) is 2.36.